The van der Waals surface area contributed by atoms with Crippen LogP contribution < -0.4 is 0 Å². The highest BCUT2D eigenvalue weighted by Gasteiger charge is 2.44. The monoisotopic (exact) mass is 430 g/mol. The molecule has 1 aliphatic heterocycles. The van der Waals surface area contributed by atoms with Crippen molar-refractivity contribution in [2.75, 3.05) is 6.54 Å². The standard InChI is InChI=1S/C24H31ClN2O3/c1-14(2)17(18-13-26-20-8-5-7-19(25)23(18)20)12-22(28)27-11-10-16(24(29)30)15-6-3-4-9-21(15)27/h5,7-8,13-17,21,26H,3-4,6,9-12H2,1-2H3,(H,29,30). The average Bonchev–Trinajstić information content (AvgIpc) is 3.15. The second kappa shape index (κ2) is 8.62. The number of aliphatic carboxylic acids is 1. The number of aromatic nitrogens is 1. The van der Waals surface area contributed by atoms with Crippen molar-refractivity contribution in [2.45, 2.75) is 64.3 Å². The molecule has 0 spiro atoms. The lowest BCUT2D eigenvalue weighted by atomic mass is 9.71. The smallest absolute Gasteiger partial charge is 0.306 e. The first-order valence-electron chi connectivity index (χ1n) is 11.2. The van der Waals surface area contributed by atoms with Crippen LogP contribution in [0.15, 0.2) is 24.4 Å². The molecule has 1 aromatic carbocycles. The maximum atomic E-state index is 13.5. The minimum Gasteiger partial charge on any atom is -0.481 e. The number of hydrogen-bond donors (Lipinski definition) is 2. The maximum Gasteiger partial charge on any atom is 0.306 e. The highest BCUT2D eigenvalue weighted by Crippen LogP contribution is 2.41. The van der Waals surface area contributed by atoms with E-state index in [0.29, 0.717) is 24.4 Å². The molecule has 4 rings (SSSR count). The zero-order valence-corrected chi connectivity index (χ0v) is 18.5. The molecule has 162 valence electrons. The van der Waals surface area contributed by atoms with Crippen LogP contribution in [-0.2, 0) is 9.59 Å². The molecule has 4 unspecified atom stereocenters. The van der Waals surface area contributed by atoms with Crippen molar-refractivity contribution < 1.29 is 14.7 Å². The third kappa shape index (κ3) is 3.84. The van der Waals surface area contributed by atoms with E-state index in [9.17, 15) is 14.7 Å². The van der Waals surface area contributed by atoms with E-state index in [1.54, 1.807) is 0 Å². The second-order valence-corrected chi connectivity index (χ2v) is 9.70. The first-order valence-corrected chi connectivity index (χ1v) is 11.5. The van der Waals surface area contributed by atoms with E-state index in [1.807, 2.05) is 29.3 Å². The number of piperidine rings is 1. The highest BCUT2D eigenvalue weighted by molar-refractivity contribution is 6.35. The fourth-order valence-electron chi connectivity index (χ4n) is 5.74. The predicted molar refractivity (Wildman–Crippen MR) is 119 cm³/mol. The van der Waals surface area contributed by atoms with Gasteiger partial charge in [-0.25, -0.2) is 0 Å². The van der Waals surface area contributed by atoms with Gasteiger partial charge < -0.3 is 15.0 Å². The van der Waals surface area contributed by atoms with Crippen molar-refractivity contribution in [1.82, 2.24) is 9.88 Å². The molecule has 4 atom stereocenters. The lowest BCUT2D eigenvalue weighted by molar-refractivity contribution is -0.154. The number of benzene rings is 1. The molecule has 1 aromatic heterocycles. The van der Waals surface area contributed by atoms with Crippen LogP contribution in [0.4, 0.5) is 0 Å². The Morgan fingerprint density at radius 2 is 2.00 bits per heavy atom. The summed E-state index contributed by atoms with van der Waals surface area (Å²) in [6.07, 6.45) is 6.96. The van der Waals surface area contributed by atoms with Gasteiger partial charge in [-0.2, -0.15) is 0 Å². The fraction of sp³-hybridized carbons (Fsp3) is 0.583. The Balaban J connectivity index is 1.58. The Morgan fingerprint density at radius 3 is 2.73 bits per heavy atom. The van der Waals surface area contributed by atoms with E-state index in [1.165, 1.54) is 0 Å². The largest absolute Gasteiger partial charge is 0.481 e. The molecule has 5 nitrogen and oxygen atoms in total. The van der Waals surface area contributed by atoms with Gasteiger partial charge in [0.25, 0.3) is 0 Å². The Kier molecular flexibility index (Phi) is 6.10. The van der Waals surface area contributed by atoms with E-state index in [4.69, 9.17) is 11.6 Å². The number of carboxylic acid groups (broad SMARTS) is 1. The molecule has 1 amide bonds. The number of fused-ring (bicyclic) bond motifs is 2. The van der Waals surface area contributed by atoms with Crippen LogP contribution in [0, 0.1) is 17.8 Å². The van der Waals surface area contributed by atoms with Crippen LogP contribution in [0.25, 0.3) is 10.9 Å². The van der Waals surface area contributed by atoms with E-state index in [0.717, 1.165) is 42.1 Å². The Morgan fingerprint density at radius 1 is 1.23 bits per heavy atom. The van der Waals surface area contributed by atoms with Crippen molar-refractivity contribution >= 4 is 34.4 Å². The minimum atomic E-state index is -0.701. The number of carboxylic acids is 1. The molecule has 0 bridgehead atoms. The number of carbonyl (C=O) groups excluding carboxylic acids is 1. The summed E-state index contributed by atoms with van der Waals surface area (Å²) in [5, 5.41) is 11.4. The van der Waals surface area contributed by atoms with Gasteiger partial charge in [-0.15, -0.1) is 0 Å². The molecule has 2 N–H and O–H groups in total. The molecule has 30 heavy (non-hydrogen) atoms. The zero-order valence-electron chi connectivity index (χ0n) is 17.7. The molecule has 2 heterocycles. The van der Waals surface area contributed by atoms with E-state index in [2.05, 4.69) is 18.8 Å². The van der Waals surface area contributed by atoms with Crippen LogP contribution in [0.5, 0.6) is 0 Å². The van der Waals surface area contributed by atoms with Gasteiger partial charge in [-0.05, 0) is 54.7 Å². The van der Waals surface area contributed by atoms with Gasteiger partial charge in [0, 0.05) is 36.1 Å². The van der Waals surface area contributed by atoms with Crippen molar-refractivity contribution in [2.24, 2.45) is 17.8 Å². The number of hydrogen-bond acceptors (Lipinski definition) is 2. The van der Waals surface area contributed by atoms with Crippen LogP contribution in [0.3, 0.4) is 0 Å². The Hall–Kier alpha value is -2.01. The number of nitrogens with zero attached hydrogens (tertiary/aromatic N) is 1. The molecule has 2 aliphatic rings. The van der Waals surface area contributed by atoms with Gasteiger partial charge in [-0.1, -0.05) is 44.4 Å². The molecule has 1 saturated carbocycles. The summed E-state index contributed by atoms with van der Waals surface area (Å²) >= 11 is 6.50. The van der Waals surface area contributed by atoms with Crippen LogP contribution >= 0.6 is 11.6 Å². The topological polar surface area (TPSA) is 73.4 Å². The number of amides is 1. The summed E-state index contributed by atoms with van der Waals surface area (Å²) in [6.45, 7) is 4.85. The Bertz CT molecular complexity index is 938. The Labute approximate surface area is 182 Å². The summed E-state index contributed by atoms with van der Waals surface area (Å²) in [7, 11) is 0. The quantitative estimate of drug-likeness (QED) is 0.662. The molecule has 1 aliphatic carbocycles. The van der Waals surface area contributed by atoms with E-state index < -0.39 is 5.97 Å². The molecule has 1 saturated heterocycles. The number of halogens is 1. The minimum absolute atomic E-state index is 0.0605. The predicted octanol–water partition coefficient (Wildman–Crippen LogP) is 5.44. The molecule has 2 aromatic rings. The van der Waals surface area contributed by atoms with Gasteiger partial charge in [0.2, 0.25) is 5.91 Å². The normalized spacial score (nSPS) is 25.3. The van der Waals surface area contributed by atoms with Crippen LogP contribution in [-0.4, -0.2) is 39.5 Å². The van der Waals surface area contributed by atoms with Crippen molar-refractivity contribution in [1.29, 1.82) is 0 Å². The van der Waals surface area contributed by atoms with E-state index in [-0.39, 0.29) is 35.6 Å². The number of nitrogens with one attached hydrogen (secondary N) is 1. The number of H-pyrrole nitrogens is 1. The highest BCUT2D eigenvalue weighted by atomic mass is 35.5. The van der Waals surface area contributed by atoms with Gasteiger partial charge in [0.15, 0.2) is 0 Å². The second-order valence-electron chi connectivity index (χ2n) is 9.30. The molecular weight excluding hydrogens is 400 g/mol. The third-order valence-electron chi connectivity index (χ3n) is 7.30. The number of rotatable bonds is 5. The first-order chi connectivity index (χ1) is 14.4. The first kappa shape index (κ1) is 21.2. The third-order valence-corrected chi connectivity index (χ3v) is 7.62. The molecule has 0 radical (unpaired) electrons. The zero-order chi connectivity index (χ0) is 21.4. The summed E-state index contributed by atoms with van der Waals surface area (Å²) in [6, 6.07) is 5.90. The van der Waals surface area contributed by atoms with Gasteiger partial charge in [0.05, 0.1) is 10.9 Å². The lowest BCUT2D eigenvalue weighted by Crippen LogP contribution is -2.54. The van der Waals surface area contributed by atoms with Crippen molar-refractivity contribution in [3.05, 3.63) is 35.0 Å². The summed E-state index contributed by atoms with van der Waals surface area (Å²) < 4.78 is 0. The molecule has 2 fully saturated rings. The number of carbonyl (C=O) groups is 2. The lowest BCUT2D eigenvalue weighted by Gasteiger charge is -2.47. The van der Waals surface area contributed by atoms with Crippen molar-refractivity contribution in [3.8, 4) is 0 Å². The van der Waals surface area contributed by atoms with Gasteiger partial charge >= 0.3 is 5.97 Å². The maximum absolute atomic E-state index is 13.5. The summed E-state index contributed by atoms with van der Waals surface area (Å²) in [5.74, 6) is -0.432. The van der Waals surface area contributed by atoms with Crippen LogP contribution in [0.1, 0.15) is 63.9 Å². The van der Waals surface area contributed by atoms with Crippen LogP contribution in [0.2, 0.25) is 5.02 Å². The molecular formula is C24H31ClN2O3. The van der Waals surface area contributed by atoms with Gasteiger partial charge in [-0.3, -0.25) is 9.59 Å². The summed E-state index contributed by atoms with van der Waals surface area (Å²) in [4.78, 5) is 30.6. The molecule has 6 heteroatoms. The SMILES string of the molecule is CC(C)C(CC(=O)N1CCC(C(=O)O)C2CCCCC21)c1c[nH]c2cccc(Cl)c12. The van der Waals surface area contributed by atoms with Crippen molar-refractivity contribution in [3.63, 3.8) is 0 Å². The van der Waals surface area contributed by atoms with Gasteiger partial charge in [0.1, 0.15) is 0 Å². The number of likely N-dealkylation sites (tertiary alicyclic amines) is 1. The average molecular weight is 431 g/mol. The number of aromatic amines is 1. The van der Waals surface area contributed by atoms with E-state index >= 15 is 0 Å². The summed E-state index contributed by atoms with van der Waals surface area (Å²) in [5.41, 5.74) is 2.09. The fourth-order valence-corrected chi connectivity index (χ4v) is 6.02.